The molecule has 0 heterocycles. The molecule has 0 rings (SSSR count). The fourth-order valence-electron chi connectivity index (χ4n) is 1.91. The zero-order valence-corrected chi connectivity index (χ0v) is 14.3. The van der Waals surface area contributed by atoms with Crippen LogP contribution in [0.5, 0.6) is 0 Å². The van der Waals surface area contributed by atoms with Crippen molar-refractivity contribution in [1.29, 1.82) is 0 Å². The first-order chi connectivity index (χ1) is 8.93. The molecular weight excluding hydrogens is 260 g/mol. The van der Waals surface area contributed by atoms with Gasteiger partial charge in [-0.2, -0.15) is 0 Å². The van der Waals surface area contributed by atoms with E-state index < -0.39 is 8.80 Å². The van der Waals surface area contributed by atoms with Crippen molar-refractivity contribution in [2.75, 3.05) is 26.4 Å². The maximum atomic E-state index is 5.98. The maximum Gasteiger partial charge on any atom is 0.531 e. The molecule has 0 amide bonds. The fraction of sp³-hybridized carbons (Fsp3) is 0.857. The third kappa shape index (κ3) is 6.18. The molecule has 1 atom stereocenters. The highest BCUT2D eigenvalue weighted by molar-refractivity contribution is 6.62. The van der Waals surface area contributed by atoms with Gasteiger partial charge in [0.1, 0.15) is 5.73 Å². The van der Waals surface area contributed by atoms with Crippen LogP contribution in [0, 0.1) is 5.92 Å². The van der Waals surface area contributed by atoms with Crippen LogP contribution < -0.4 is 0 Å². The Morgan fingerprint density at radius 2 is 1.42 bits per heavy atom. The van der Waals surface area contributed by atoms with Crippen LogP contribution >= 0.6 is 0 Å². The average molecular weight is 290 g/mol. The summed E-state index contributed by atoms with van der Waals surface area (Å²) in [5, 5.41) is 0. The molecule has 0 saturated carbocycles. The largest absolute Gasteiger partial charge is 0.531 e. The summed E-state index contributed by atoms with van der Waals surface area (Å²) in [7, 11) is -2.82. The molecule has 4 nitrogen and oxygen atoms in total. The Kier molecular flexibility index (Phi) is 9.56. The van der Waals surface area contributed by atoms with E-state index in [1.165, 1.54) is 0 Å². The Morgan fingerprint density at radius 3 is 1.68 bits per heavy atom. The summed E-state index contributed by atoms with van der Waals surface area (Å²) in [6.45, 7) is 18.1. The lowest BCUT2D eigenvalue weighted by Gasteiger charge is -2.37. The molecule has 0 aliphatic carbocycles. The Labute approximate surface area is 119 Å². The van der Waals surface area contributed by atoms with Gasteiger partial charge in [0.2, 0.25) is 0 Å². The maximum absolute atomic E-state index is 5.98. The average Bonchev–Trinajstić information content (AvgIpc) is 2.29. The van der Waals surface area contributed by atoms with Gasteiger partial charge in [0.05, 0.1) is 6.61 Å². The summed E-state index contributed by atoms with van der Waals surface area (Å²) in [4.78, 5) is 0. The van der Waals surface area contributed by atoms with Crippen LogP contribution in [-0.2, 0) is 18.0 Å². The molecule has 1 unspecified atom stereocenters. The molecule has 0 N–H and O–H groups in total. The number of ether oxygens (including phenoxy) is 1. The van der Waals surface area contributed by atoms with Gasteiger partial charge in [-0.3, -0.25) is 0 Å². The third-order valence-electron chi connectivity index (χ3n) is 2.50. The Morgan fingerprint density at radius 1 is 1.00 bits per heavy atom. The van der Waals surface area contributed by atoms with E-state index in [0.29, 0.717) is 26.4 Å². The zero-order valence-electron chi connectivity index (χ0n) is 13.3. The van der Waals surface area contributed by atoms with Crippen molar-refractivity contribution in [3.8, 4) is 0 Å². The van der Waals surface area contributed by atoms with Crippen LogP contribution in [0.1, 0.15) is 41.5 Å². The van der Waals surface area contributed by atoms with Gasteiger partial charge < -0.3 is 18.0 Å². The quantitative estimate of drug-likeness (QED) is 0.432. The first-order valence-electron chi connectivity index (χ1n) is 7.11. The van der Waals surface area contributed by atoms with Crippen LogP contribution in [0.4, 0.5) is 0 Å². The predicted octanol–water partition coefficient (Wildman–Crippen LogP) is 3.19. The van der Waals surface area contributed by atoms with Crippen molar-refractivity contribution in [3.63, 3.8) is 0 Å². The summed E-state index contributed by atoms with van der Waals surface area (Å²) >= 11 is 0. The highest BCUT2D eigenvalue weighted by Crippen LogP contribution is 2.24. The van der Waals surface area contributed by atoms with Gasteiger partial charge in [-0.1, -0.05) is 26.0 Å². The van der Waals surface area contributed by atoms with Crippen molar-refractivity contribution in [2.45, 2.75) is 47.3 Å². The van der Waals surface area contributed by atoms with Crippen LogP contribution in [0.2, 0.25) is 0 Å². The minimum atomic E-state index is -2.82. The molecule has 5 heteroatoms. The topological polar surface area (TPSA) is 36.9 Å². The van der Waals surface area contributed by atoms with Crippen molar-refractivity contribution in [2.24, 2.45) is 5.92 Å². The summed E-state index contributed by atoms with van der Waals surface area (Å²) < 4.78 is 23.7. The molecule has 0 aromatic heterocycles. The molecule has 0 aliphatic rings. The molecule has 0 aliphatic heterocycles. The van der Waals surface area contributed by atoms with Crippen LogP contribution in [0.3, 0.4) is 0 Å². The lowest BCUT2D eigenvalue weighted by Crippen LogP contribution is -2.59. The summed E-state index contributed by atoms with van der Waals surface area (Å²) in [6, 6.07) is 0. The van der Waals surface area contributed by atoms with Gasteiger partial charge in [-0.15, -0.1) is 0 Å². The Bertz CT molecular complexity index is 239. The molecular formula is C14H30O4Si. The molecule has 19 heavy (non-hydrogen) atoms. The van der Waals surface area contributed by atoms with Gasteiger partial charge in [-0.25, -0.2) is 0 Å². The lowest BCUT2D eigenvalue weighted by molar-refractivity contribution is -0.0200. The summed E-state index contributed by atoms with van der Waals surface area (Å²) in [6.07, 6.45) is 0. The first kappa shape index (κ1) is 18.8. The second-order valence-electron chi connectivity index (χ2n) is 4.84. The van der Waals surface area contributed by atoms with Crippen molar-refractivity contribution in [1.82, 2.24) is 0 Å². The minimum Gasteiger partial charge on any atom is -0.372 e. The predicted molar refractivity (Wildman–Crippen MR) is 80.0 cm³/mol. The summed E-state index contributed by atoms with van der Waals surface area (Å²) in [5.41, 5.74) is 0.821. The highest BCUT2D eigenvalue weighted by Gasteiger charge is 2.51. The number of hydrogen-bond acceptors (Lipinski definition) is 4. The van der Waals surface area contributed by atoms with E-state index in [4.69, 9.17) is 18.0 Å². The molecule has 0 saturated heterocycles. The molecule has 0 bridgehead atoms. The van der Waals surface area contributed by atoms with E-state index in [2.05, 4.69) is 20.4 Å². The lowest BCUT2D eigenvalue weighted by atomic mass is 10.2. The standard InChI is InChI=1S/C14H30O4Si/c1-8-16-19(17-9-2,18-10-3)14(13(6)7)15-11-12(4)5/h13-14H,4,8-11H2,1-3,5-7H3. The number of rotatable bonds is 11. The van der Waals surface area contributed by atoms with Gasteiger partial charge in [-0.05, 0) is 33.6 Å². The smallest absolute Gasteiger partial charge is 0.372 e. The fourth-order valence-corrected chi connectivity index (χ4v) is 4.96. The molecule has 0 aromatic carbocycles. The van der Waals surface area contributed by atoms with Crippen LogP contribution in [-0.4, -0.2) is 41.0 Å². The van der Waals surface area contributed by atoms with E-state index in [9.17, 15) is 0 Å². The van der Waals surface area contributed by atoms with Crippen LogP contribution in [0.15, 0.2) is 12.2 Å². The number of hydrogen-bond donors (Lipinski definition) is 0. The van der Waals surface area contributed by atoms with E-state index >= 15 is 0 Å². The molecule has 0 fully saturated rings. The molecule has 0 radical (unpaired) electrons. The van der Waals surface area contributed by atoms with Crippen LogP contribution in [0.25, 0.3) is 0 Å². The highest BCUT2D eigenvalue weighted by atomic mass is 28.4. The van der Waals surface area contributed by atoms with E-state index in [1.807, 2.05) is 27.7 Å². The third-order valence-corrected chi connectivity index (χ3v) is 6.10. The van der Waals surface area contributed by atoms with Gasteiger partial charge >= 0.3 is 8.80 Å². The van der Waals surface area contributed by atoms with Gasteiger partial charge in [0.15, 0.2) is 0 Å². The normalized spacial score (nSPS) is 13.8. The SMILES string of the molecule is C=C(C)COC(C(C)C)[Si](OCC)(OCC)OCC. The van der Waals surface area contributed by atoms with E-state index in [1.54, 1.807) is 0 Å². The molecule has 0 aromatic rings. The Balaban J connectivity index is 5.12. The minimum absolute atomic E-state index is 0.163. The molecule has 114 valence electrons. The second kappa shape index (κ2) is 9.66. The first-order valence-corrected chi connectivity index (χ1v) is 8.91. The van der Waals surface area contributed by atoms with E-state index in [-0.39, 0.29) is 11.6 Å². The van der Waals surface area contributed by atoms with Crippen molar-refractivity contribution >= 4 is 8.80 Å². The Hall–Kier alpha value is -0.203. The van der Waals surface area contributed by atoms with Gasteiger partial charge in [0.25, 0.3) is 0 Å². The van der Waals surface area contributed by atoms with Crippen molar-refractivity contribution < 1.29 is 18.0 Å². The summed E-state index contributed by atoms with van der Waals surface area (Å²) in [5.74, 6) is 0.260. The van der Waals surface area contributed by atoms with Crippen molar-refractivity contribution in [3.05, 3.63) is 12.2 Å². The van der Waals surface area contributed by atoms with E-state index in [0.717, 1.165) is 5.57 Å². The second-order valence-corrected chi connectivity index (χ2v) is 7.48. The van der Waals surface area contributed by atoms with Gasteiger partial charge in [0, 0.05) is 19.8 Å². The monoisotopic (exact) mass is 290 g/mol. The molecule has 0 spiro atoms. The zero-order chi connectivity index (χ0) is 14.9.